The molecule has 1 rings (SSSR count). The minimum absolute atomic E-state index is 0.0344. The second kappa shape index (κ2) is 6.19. The normalized spacial score (nSPS) is 12.6. The molecule has 94 valence electrons. The first-order valence-electron chi connectivity index (χ1n) is 5.14. The number of nitrogens with zero attached hydrogens (tertiary/aromatic N) is 1. The molecule has 2 N–H and O–H groups in total. The molecule has 1 aromatic rings. The van der Waals surface area contributed by atoms with Crippen LogP contribution in [0.4, 0.5) is 0 Å². The summed E-state index contributed by atoms with van der Waals surface area (Å²) in [6, 6.07) is 2.55. The van der Waals surface area contributed by atoms with Gasteiger partial charge in [-0.1, -0.05) is 37.0 Å². The number of halogens is 2. The Kier molecular flexibility index (Phi) is 5.18. The van der Waals surface area contributed by atoms with Crippen LogP contribution in [0.5, 0.6) is 0 Å². The Balaban J connectivity index is 2.58. The SMILES string of the molecule is CC(C)[C@H](N)C(=O)OCc1cc(Cl)nc(Cl)c1. The van der Waals surface area contributed by atoms with Gasteiger partial charge in [-0.3, -0.25) is 4.79 Å². The number of nitrogens with two attached hydrogens (primary N) is 1. The number of hydrogen-bond donors (Lipinski definition) is 1. The van der Waals surface area contributed by atoms with Crippen LogP contribution in [-0.4, -0.2) is 17.0 Å². The first-order valence-corrected chi connectivity index (χ1v) is 5.90. The third-order valence-electron chi connectivity index (χ3n) is 2.19. The van der Waals surface area contributed by atoms with Crippen molar-refractivity contribution in [2.24, 2.45) is 11.7 Å². The maximum Gasteiger partial charge on any atom is 0.323 e. The van der Waals surface area contributed by atoms with E-state index in [9.17, 15) is 4.79 Å². The number of hydrogen-bond acceptors (Lipinski definition) is 4. The maximum absolute atomic E-state index is 11.5. The molecule has 0 unspecified atom stereocenters. The summed E-state index contributed by atoms with van der Waals surface area (Å²) in [6.07, 6.45) is 0. The number of carbonyl (C=O) groups is 1. The highest BCUT2D eigenvalue weighted by Crippen LogP contribution is 2.15. The van der Waals surface area contributed by atoms with E-state index in [2.05, 4.69) is 4.98 Å². The fraction of sp³-hybridized carbons (Fsp3) is 0.455. The molecule has 0 aliphatic rings. The lowest BCUT2D eigenvalue weighted by atomic mass is 10.1. The van der Waals surface area contributed by atoms with Gasteiger partial charge in [-0.15, -0.1) is 0 Å². The van der Waals surface area contributed by atoms with Gasteiger partial charge in [0.1, 0.15) is 23.0 Å². The highest BCUT2D eigenvalue weighted by Gasteiger charge is 2.18. The predicted octanol–water partition coefficient (Wildman–Crippen LogP) is 2.41. The van der Waals surface area contributed by atoms with Crippen LogP contribution in [0.2, 0.25) is 10.3 Å². The number of carbonyl (C=O) groups excluding carboxylic acids is 1. The monoisotopic (exact) mass is 276 g/mol. The van der Waals surface area contributed by atoms with E-state index in [0.717, 1.165) is 0 Å². The van der Waals surface area contributed by atoms with Gasteiger partial charge in [0.25, 0.3) is 0 Å². The Morgan fingerprint density at radius 3 is 2.41 bits per heavy atom. The molecule has 17 heavy (non-hydrogen) atoms. The molecule has 0 aromatic carbocycles. The lowest BCUT2D eigenvalue weighted by Gasteiger charge is -2.14. The molecular formula is C11H14Cl2N2O2. The third kappa shape index (κ3) is 4.50. The van der Waals surface area contributed by atoms with E-state index in [-0.39, 0.29) is 22.8 Å². The van der Waals surface area contributed by atoms with Gasteiger partial charge >= 0.3 is 5.97 Å². The molecule has 1 aromatic heterocycles. The van der Waals surface area contributed by atoms with E-state index in [1.807, 2.05) is 13.8 Å². The predicted molar refractivity (Wildman–Crippen MR) is 66.9 cm³/mol. The first-order chi connectivity index (χ1) is 7.90. The molecule has 0 amide bonds. The summed E-state index contributed by atoms with van der Waals surface area (Å²) < 4.78 is 5.05. The van der Waals surface area contributed by atoms with Gasteiger partial charge in [-0.05, 0) is 23.6 Å². The van der Waals surface area contributed by atoms with Gasteiger partial charge in [-0.25, -0.2) is 4.98 Å². The summed E-state index contributed by atoms with van der Waals surface area (Å²) in [6.45, 7) is 3.79. The molecule has 1 atom stereocenters. The largest absolute Gasteiger partial charge is 0.460 e. The van der Waals surface area contributed by atoms with Crippen molar-refractivity contribution in [3.05, 3.63) is 28.0 Å². The van der Waals surface area contributed by atoms with E-state index < -0.39 is 12.0 Å². The maximum atomic E-state index is 11.5. The summed E-state index contributed by atoms with van der Waals surface area (Å²) in [5, 5.41) is 0.522. The molecular weight excluding hydrogens is 263 g/mol. The smallest absolute Gasteiger partial charge is 0.323 e. The Morgan fingerprint density at radius 2 is 1.94 bits per heavy atom. The van der Waals surface area contributed by atoms with Gasteiger partial charge in [0.15, 0.2) is 0 Å². The van der Waals surface area contributed by atoms with Crippen LogP contribution in [0.25, 0.3) is 0 Å². The van der Waals surface area contributed by atoms with Crippen molar-refractivity contribution in [1.29, 1.82) is 0 Å². The van der Waals surface area contributed by atoms with Crippen molar-refractivity contribution in [2.45, 2.75) is 26.5 Å². The molecule has 0 saturated carbocycles. The molecule has 0 saturated heterocycles. The molecule has 0 aliphatic heterocycles. The standard InChI is InChI=1S/C11H14Cl2N2O2/c1-6(2)10(14)11(16)17-5-7-3-8(12)15-9(13)4-7/h3-4,6,10H,5,14H2,1-2H3/t10-/m0/s1. The van der Waals surface area contributed by atoms with Crippen molar-refractivity contribution in [1.82, 2.24) is 4.98 Å². The van der Waals surface area contributed by atoms with E-state index in [1.54, 1.807) is 12.1 Å². The van der Waals surface area contributed by atoms with Crippen molar-refractivity contribution in [3.63, 3.8) is 0 Å². The molecule has 6 heteroatoms. The molecule has 0 radical (unpaired) electrons. The van der Waals surface area contributed by atoms with Crippen molar-refractivity contribution >= 4 is 29.2 Å². The van der Waals surface area contributed by atoms with Gasteiger partial charge in [0.2, 0.25) is 0 Å². The van der Waals surface area contributed by atoms with Crippen molar-refractivity contribution in [3.8, 4) is 0 Å². The summed E-state index contributed by atoms with van der Waals surface area (Å²) in [4.78, 5) is 15.3. The van der Waals surface area contributed by atoms with Crippen molar-refractivity contribution in [2.75, 3.05) is 0 Å². The molecule has 1 heterocycles. The lowest BCUT2D eigenvalue weighted by molar-refractivity contribution is -0.147. The summed E-state index contributed by atoms with van der Waals surface area (Å²) in [5.41, 5.74) is 6.32. The zero-order valence-electron chi connectivity index (χ0n) is 9.61. The zero-order valence-corrected chi connectivity index (χ0v) is 11.1. The van der Waals surface area contributed by atoms with E-state index in [0.29, 0.717) is 5.56 Å². The first kappa shape index (κ1) is 14.2. The summed E-state index contributed by atoms with van der Waals surface area (Å²) in [5.74, 6) is -0.406. The van der Waals surface area contributed by atoms with Crippen LogP contribution in [-0.2, 0) is 16.1 Å². The Labute approximate surface area is 110 Å². The van der Waals surface area contributed by atoms with Gasteiger partial charge < -0.3 is 10.5 Å². The second-order valence-electron chi connectivity index (χ2n) is 4.00. The minimum atomic E-state index is -0.622. The average Bonchev–Trinajstić information content (AvgIpc) is 2.23. The van der Waals surface area contributed by atoms with E-state index >= 15 is 0 Å². The van der Waals surface area contributed by atoms with E-state index in [1.165, 1.54) is 0 Å². The van der Waals surface area contributed by atoms with Crippen LogP contribution in [0.15, 0.2) is 12.1 Å². The van der Waals surface area contributed by atoms with E-state index in [4.69, 9.17) is 33.7 Å². The molecule has 0 fully saturated rings. The fourth-order valence-electron chi connectivity index (χ4n) is 1.12. The third-order valence-corrected chi connectivity index (χ3v) is 2.58. The number of pyridine rings is 1. The second-order valence-corrected chi connectivity index (χ2v) is 4.77. The number of aromatic nitrogens is 1. The number of esters is 1. The van der Waals surface area contributed by atoms with Crippen LogP contribution >= 0.6 is 23.2 Å². The zero-order chi connectivity index (χ0) is 13.0. The number of ether oxygens (including phenoxy) is 1. The Morgan fingerprint density at radius 1 is 1.41 bits per heavy atom. The Bertz CT molecular complexity index is 390. The highest BCUT2D eigenvalue weighted by molar-refractivity contribution is 6.32. The molecule has 0 spiro atoms. The topological polar surface area (TPSA) is 65.2 Å². The van der Waals surface area contributed by atoms with Gasteiger partial charge in [0.05, 0.1) is 0 Å². The van der Waals surface area contributed by atoms with Crippen molar-refractivity contribution < 1.29 is 9.53 Å². The number of rotatable bonds is 4. The van der Waals surface area contributed by atoms with Crippen LogP contribution in [0, 0.1) is 5.92 Å². The van der Waals surface area contributed by atoms with Gasteiger partial charge in [-0.2, -0.15) is 0 Å². The molecule has 0 aliphatic carbocycles. The quantitative estimate of drug-likeness (QED) is 0.678. The van der Waals surface area contributed by atoms with Crippen LogP contribution in [0.3, 0.4) is 0 Å². The lowest BCUT2D eigenvalue weighted by Crippen LogP contribution is -2.36. The molecule has 0 bridgehead atoms. The van der Waals surface area contributed by atoms with Crippen LogP contribution in [0.1, 0.15) is 19.4 Å². The summed E-state index contributed by atoms with van der Waals surface area (Å²) in [7, 11) is 0. The molecule has 4 nitrogen and oxygen atoms in total. The highest BCUT2D eigenvalue weighted by atomic mass is 35.5. The minimum Gasteiger partial charge on any atom is -0.460 e. The fourth-order valence-corrected chi connectivity index (χ4v) is 1.63. The van der Waals surface area contributed by atoms with Crippen LogP contribution < -0.4 is 5.73 Å². The average molecular weight is 277 g/mol. The van der Waals surface area contributed by atoms with Gasteiger partial charge in [0, 0.05) is 0 Å². The summed E-state index contributed by atoms with van der Waals surface area (Å²) >= 11 is 11.4. The Hall–Kier alpha value is -0.840.